The van der Waals surface area contributed by atoms with Crippen molar-refractivity contribution >= 4 is 11.6 Å². The minimum Gasteiger partial charge on any atom is -0.300 e. The number of hydrogen-bond acceptors (Lipinski definition) is 2. The van der Waals surface area contributed by atoms with Crippen LogP contribution in [0, 0.1) is 0 Å². The first-order valence-electron chi connectivity index (χ1n) is 4.64. The molecule has 0 amide bonds. The largest absolute Gasteiger partial charge is 0.300 e. The Hall–Kier alpha value is -1.44. The highest BCUT2D eigenvalue weighted by Crippen LogP contribution is 2.06. The maximum Gasteiger partial charge on any atom is 0.134 e. The van der Waals surface area contributed by atoms with Crippen molar-refractivity contribution in [3.8, 4) is 0 Å². The molecule has 0 saturated heterocycles. The molecule has 74 valence electrons. The van der Waals surface area contributed by atoms with Gasteiger partial charge in [-0.05, 0) is 25.0 Å². The van der Waals surface area contributed by atoms with Crippen molar-refractivity contribution < 1.29 is 9.59 Å². The van der Waals surface area contributed by atoms with Gasteiger partial charge >= 0.3 is 0 Å². The van der Waals surface area contributed by atoms with E-state index in [4.69, 9.17) is 0 Å². The molecule has 1 rings (SSSR count). The van der Waals surface area contributed by atoms with Crippen molar-refractivity contribution in [2.45, 2.75) is 26.7 Å². The SMILES string of the molecule is CC(=O)Cc1ccc(CC(C)=O)cc1. The lowest BCUT2D eigenvalue weighted by Gasteiger charge is -2.00. The molecule has 0 fully saturated rings. The summed E-state index contributed by atoms with van der Waals surface area (Å²) in [6.45, 7) is 3.15. The fraction of sp³-hybridized carbons (Fsp3) is 0.333. The van der Waals surface area contributed by atoms with Gasteiger partial charge in [0.1, 0.15) is 11.6 Å². The molecule has 0 radical (unpaired) electrons. The molecule has 14 heavy (non-hydrogen) atoms. The van der Waals surface area contributed by atoms with Gasteiger partial charge < -0.3 is 0 Å². The van der Waals surface area contributed by atoms with Crippen molar-refractivity contribution in [1.29, 1.82) is 0 Å². The summed E-state index contributed by atoms with van der Waals surface area (Å²) in [5, 5.41) is 0. The summed E-state index contributed by atoms with van der Waals surface area (Å²) < 4.78 is 0. The van der Waals surface area contributed by atoms with E-state index in [9.17, 15) is 9.59 Å². The zero-order valence-corrected chi connectivity index (χ0v) is 8.54. The molecule has 0 spiro atoms. The Morgan fingerprint density at radius 3 is 1.36 bits per heavy atom. The summed E-state index contributed by atoms with van der Waals surface area (Å²) in [5.41, 5.74) is 2.01. The van der Waals surface area contributed by atoms with Gasteiger partial charge in [0.15, 0.2) is 0 Å². The van der Waals surface area contributed by atoms with Crippen molar-refractivity contribution in [3.63, 3.8) is 0 Å². The summed E-state index contributed by atoms with van der Waals surface area (Å²) in [6.07, 6.45) is 0.945. The molecule has 1 aromatic carbocycles. The Morgan fingerprint density at radius 1 is 0.857 bits per heavy atom. The summed E-state index contributed by atoms with van der Waals surface area (Å²) in [6, 6.07) is 7.61. The minimum atomic E-state index is 0.157. The molecule has 1 aromatic rings. The van der Waals surface area contributed by atoms with Crippen LogP contribution in [0.3, 0.4) is 0 Å². The van der Waals surface area contributed by atoms with E-state index < -0.39 is 0 Å². The molecule has 0 atom stereocenters. The van der Waals surface area contributed by atoms with E-state index in [2.05, 4.69) is 0 Å². The van der Waals surface area contributed by atoms with E-state index in [1.807, 2.05) is 24.3 Å². The Morgan fingerprint density at radius 2 is 1.14 bits per heavy atom. The summed E-state index contributed by atoms with van der Waals surface area (Å²) in [7, 11) is 0. The van der Waals surface area contributed by atoms with Crippen molar-refractivity contribution in [2.75, 3.05) is 0 Å². The van der Waals surface area contributed by atoms with Gasteiger partial charge in [-0.3, -0.25) is 9.59 Å². The molecule has 0 bridgehead atoms. The first-order valence-corrected chi connectivity index (χ1v) is 4.64. The number of carbonyl (C=O) groups is 2. The standard InChI is InChI=1S/C12H14O2/c1-9(13)7-11-3-5-12(6-4-11)8-10(2)14/h3-6H,7-8H2,1-2H3. The van der Waals surface area contributed by atoms with E-state index >= 15 is 0 Å². The van der Waals surface area contributed by atoms with Crippen LogP contribution in [0.25, 0.3) is 0 Å². The Kier molecular flexibility index (Phi) is 3.57. The number of Topliss-reactive ketones (excluding diaryl/α,β-unsaturated/α-hetero) is 2. The fourth-order valence-electron chi connectivity index (χ4n) is 1.35. The van der Waals surface area contributed by atoms with Crippen LogP contribution < -0.4 is 0 Å². The third-order valence-corrected chi connectivity index (χ3v) is 1.93. The first kappa shape index (κ1) is 10.6. The predicted molar refractivity (Wildman–Crippen MR) is 55.2 cm³/mol. The van der Waals surface area contributed by atoms with E-state index in [-0.39, 0.29) is 11.6 Å². The monoisotopic (exact) mass is 190 g/mol. The number of ketones is 2. The number of carbonyl (C=O) groups excluding carboxylic acids is 2. The summed E-state index contributed by atoms with van der Waals surface area (Å²) in [4.78, 5) is 21.6. The molecule has 0 aliphatic carbocycles. The van der Waals surface area contributed by atoms with Crippen LogP contribution in [0.2, 0.25) is 0 Å². The third-order valence-electron chi connectivity index (χ3n) is 1.93. The Balaban J connectivity index is 2.68. The van der Waals surface area contributed by atoms with Gasteiger partial charge in [0.05, 0.1) is 0 Å². The summed E-state index contributed by atoms with van der Waals surface area (Å²) in [5.74, 6) is 0.314. The average molecular weight is 190 g/mol. The average Bonchev–Trinajstić information content (AvgIpc) is 2.06. The lowest BCUT2D eigenvalue weighted by molar-refractivity contribution is -0.117. The van der Waals surface area contributed by atoms with Crippen LogP contribution in [-0.2, 0) is 22.4 Å². The highest BCUT2D eigenvalue weighted by Gasteiger charge is 1.99. The molecule has 0 aliphatic heterocycles. The normalized spacial score (nSPS) is 9.86. The predicted octanol–water partition coefficient (Wildman–Crippen LogP) is 1.95. The van der Waals surface area contributed by atoms with Gasteiger partial charge in [-0.15, -0.1) is 0 Å². The maximum absolute atomic E-state index is 10.8. The molecule has 0 N–H and O–H groups in total. The third kappa shape index (κ3) is 3.52. The molecular weight excluding hydrogens is 176 g/mol. The van der Waals surface area contributed by atoms with Crippen molar-refractivity contribution in [3.05, 3.63) is 35.4 Å². The molecule has 0 aromatic heterocycles. The second-order valence-corrected chi connectivity index (χ2v) is 3.57. The van der Waals surface area contributed by atoms with Crippen LogP contribution in [0.1, 0.15) is 25.0 Å². The Bertz CT molecular complexity index is 301. The highest BCUT2D eigenvalue weighted by molar-refractivity contribution is 5.79. The lowest BCUT2D eigenvalue weighted by atomic mass is 10.0. The smallest absolute Gasteiger partial charge is 0.134 e. The number of benzene rings is 1. The lowest BCUT2D eigenvalue weighted by Crippen LogP contribution is -1.98. The van der Waals surface area contributed by atoms with E-state index in [1.54, 1.807) is 13.8 Å². The minimum absolute atomic E-state index is 0.157. The second kappa shape index (κ2) is 4.70. The topological polar surface area (TPSA) is 34.1 Å². The van der Waals surface area contributed by atoms with Gasteiger partial charge in [-0.1, -0.05) is 24.3 Å². The summed E-state index contributed by atoms with van der Waals surface area (Å²) >= 11 is 0. The van der Waals surface area contributed by atoms with Crippen molar-refractivity contribution in [2.24, 2.45) is 0 Å². The zero-order valence-electron chi connectivity index (χ0n) is 8.54. The maximum atomic E-state index is 10.8. The quantitative estimate of drug-likeness (QED) is 0.727. The number of hydrogen-bond donors (Lipinski definition) is 0. The number of rotatable bonds is 4. The van der Waals surface area contributed by atoms with Crippen LogP contribution >= 0.6 is 0 Å². The first-order chi connectivity index (χ1) is 6.58. The van der Waals surface area contributed by atoms with Gasteiger partial charge in [0, 0.05) is 12.8 Å². The molecule has 0 saturated carbocycles. The Labute approximate surface area is 83.9 Å². The molecule has 2 nitrogen and oxygen atoms in total. The molecule has 0 heterocycles. The second-order valence-electron chi connectivity index (χ2n) is 3.57. The van der Waals surface area contributed by atoms with E-state index in [0.717, 1.165) is 11.1 Å². The van der Waals surface area contributed by atoms with Crippen LogP contribution in [-0.4, -0.2) is 11.6 Å². The molecule has 0 aliphatic rings. The molecular formula is C12H14O2. The van der Waals surface area contributed by atoms with E-state index in [1.165, 1.54) is 0 Å². The van der Waals surface area contributed by atoms with E-state index in [0.29, 0.717) is 12.8 Å². The molecule has 0 unspecified atom stereocenters. The van der Waals surface area contributed by atoms with Crippen LogP contribution in [0.15, 0.2) is 24.3 Å². The van der Waals surface area contributed by atoms with Gasteiger partial charge in [0.2, 0.25) is 0 Å². The van der Waals surface area contributed by atoms with Gasteiger partial charge in [0.25, 0.3) is 0 Å². The molecule has 2 heteroatoms. The van der Waals surface area contributed by atoms with Gasteiger partial charge in [-0.25, -0.2) is 0 Å². The van der Waals surface area contributed by atoms with Gasteiger partial charge in [-0.2, -0.15) is 0 Å². The zero-order chi connectivity index (χ0) is 10.6. The van der Waals surface area contributed by atoms with Crippen LogP contribution in [0.4, 0.5) is 0 Å². The van der Waals surface area contributed by atoms with Crippen LogP contribution in [0.5, 0.6) is 0 Å². The highest BCUT2D eigenvalue weighted by atomic mass is 16.1. The van der Waals surface area contributed by atoms with Crippen molar-refractivity contribution in [1.82, 2.24) is 0 Å². The fourth-order valence-corrected chi connectivity index (χ4v) is 1.35.